The van der Waals surface area contributed by atoms with Crippen LogP contribution in [0.2, 0.25) is 0 Å². The van der Waals surface area contributed by atoms with Crippen molar-refractivity contribution in [2.24, 2.45) is 5.92 Å². The summed E-state index contributed by atoms with van der Waals surface area (Å²) in [5.74, 6) is 1.22. The number of nitrogens with one attached hydrogen (secondary N) is 1. The number of amides is 2. The van der Waals surface area contributed by atoms with Gasteiger partial charge in [0.05, 0.1) is 6.26 Å². The number of hydrogen-bond acceptors (Lipinski definition) is 7. The van der Waals surface area contributed by atoms with E-state index >= 15 is 0 Å². The molecule has 2 aromatic heterocycles. The molecule has 0 aliphatic carbocycles. The van der Waals surface area contributed by atoms with Crippen molar-refractivity contribution < 1.29 is 18.4 Å². The molecule has 0 spiro atoms. The highest BCUT2D eigenvalue weighted by atomic mass is 16.4. The molecule has 0 aromatic carbocycles. The fourth-order valence-electron chi connectivity index (χ4n) is 3.78. The van der Waals surface area contributed by atoms with Crippen molar-refractivity contribution in [2.75, 3.05) is 37.6 Å². The normalized spacial score (nSPS) is 14.3. The van der Waals surface area contributed by atoms with Crippen LogP contribution in [0.1, 0.15) is 45.2 Å². The van der Waals surface area contributed by atoms with E-state index in [4.69, 9.17) is 8.83 Å². The van der Waals surface area contributed by atoms with Crippen LogP contribution < -0.4 is 10.2 Å². The molecule has 2 aromatic rings. The molecule has 0 radical (unpaired) electrons. The standard InChI is InChI=1S/C22H29N5O4/c1-3-26(4-2)19(28)8-5-11-24-20(29)16-9-12-27(13-10-16)22-17(15-23)25-21(31-22)18-7-6-14-30-18/h6-7,14,16H,3-5,8-13H2,1-2H3,(H,24,29). The van der Waals surface area contributed by atoms with Crippen molar-refractivity contribution in [3.63, 3.8) is 0 Å². The van der Waals surface area contributed by atoms with Crippen LogP contribution in [0.5, 0.6) is 0 Å². The molecule has 0 atom stereocenters. The monoisotopic (exact) mass is 427 g/mol. The average molecular weight is 428 g/mol. The molecule has 1 saturated heterocycles. The van der Waals surface area contributed by atoms with Crippen LogP contribution in [-0.4, -0.2) is 54.4 Å². The molecule has 3 rings (SSSR count). The van der Waals surface area contributed by atoms with E-state index in [9.17, 15) is 14.9 Å². The highest BCUT2D eigenvalue weighted by Gasteiger charge is 2.29. The second kappa shape index (κ2) is 10.7. The Balaban J connectivity index is 1.46. The predicted molar refractivity (Wildman–Crippen MR) is 114 cm³/mol. The van der Waals surface area contributed by atoms with Crippen LogP contribution in [0, 0.1) is 17.2 Å². The number of aromatic nitrogens is 1. The van der Waals surface area contributed by atoms with Gasteiger partial charge in [-0.25, -0.2) is 0 Å². The quantitative estimate of drug-likeness (QED) is 0.612. The van der Waals surface area contributed by atoms with Crippen LogP contribution in [-0.2, 0) is 9.59 Å². The summed E-state index contributed by atoms with van der Waals surface area (Å²) >= 11 is 0. The van der Waals surface area contributed by atoms with Gasteiger partial charge >= 0.3 is 0 Å². The molecule has 166 valence electrons. The number of carbonyl (C=O) groups excluding carboxylic acids is 2. The first-order valence-corrected chi connectivity index (χ1v) is 10.8. The van der Waals surface area contributed by atoms with Crippen molar-refractivity contribution in [1.29, 1.82) is 5.26 Å². The van der Waals surface area contributed by atoms with E-state index in [1.54, 1.807) is 17.0 Å². The Labute approximate surface area is 182 Å². The number of oxazole rings is 1. The molecular weight excluding hydrogens is 398 g/mol. The highest BCUT2D eigenvalue weighted by Crippen LogP contribution is 2.31. The largest absolute Gasteiger partial charge is 0.459 e. The van der Waals surface area contributed by atoms with Gasteiger partial charge in [-0.05, 0) is 45.2 Å². The van der Waals surface area contributed by atoms with Gasteiger partial charge in [-0.3, -0.25) is 9.59 Å². The van der Waals surface area contributed by atoms with Crippen molar-refractivity contribution in [1.82, 2.24) is 15.2 Å². The zero-order chi connectivity index (χ0) is 22.2. The maximum Gasteiger partial charge on any atom is 0.266 e. The number of carbonyl (C=O) groups is 2. The molecule has 1 aliphatic heterocycles. The Hall–Kier alpha value is -3.28. The summed E-state index contributed by atoms with van der Waals surface area (Å²) in [4.78, 5) is 32.5. The van der Waals surface area contributed by atoms with Gasteiger partial charge in [-0.15, -0.1) is 0 Å². The topological polar surface area (TPSA) is 116 Å². The van der Waals surface area contributed by atoms with E-state index in [0.29, 0.717) is 70.1 Å². The second-order valence-electron chi connectivity index (χ2n) is 7.48. The van der Waals surface area contributed by atoms with Gasteiger partial charge in [0.25, 0.3) is 5.89 Å². The van der Waals surface area contributed by atoms with Crippen LogP contribution in [0.3, 0.4) is 0 Å². The maximum absolute atomic E-state index is 12.5. The summed E-state index contributed by atoms with van der Waals surface area (Å²) in [6.07, 6.45) is 3.92. The SMILES string of the molecule is CCN(CC)C(=O)CCCNC(=O)C1CCN(c2oc(-c3ccco3)nc2C#N)CC1. The van der Waals surface area contributed by atoms with Gasteiger partial charge in [0.1, 0.15) is 6.07 Å². The Bertz CT molecular complexity index is 903. The van der Waals surface area contributed by atoms with Gasteiger partial charge < -0.3 is 24.0 Å². The average Bonchev–Trinajstić information content (AvgIpc) is 3.47. The third-order valence-electron chi connectivity index (χ3n) is 5.58. The van der Waals surface area contributed by atoms with Gasteiger partial charge in [0, 0.05) is 45.1 Å². The van der Waals surface area contributed by atoms with Gasteiger partial charge in [0.2, 0.25) is 23.4 Å². The number of furan rings is 1. The third-order valence-corrected chi connectivity index (χ3v) is 5.58. The fourth-order valence-corrected chi connectivity index (χ4v) is 3.78. The van der Waals surface area contributed by atoms with Gasteiger partial charge in [-0.2, -0.15) is 10.2 Å². The van der Waals surface area contributed by atoms with Crippen molar-refractivity contribution >= 4 is 17.7 Å². The number of nitrogens with zero attached hydrogens (tertiary/aromatic N) is 4. The number of nitriles is 1. The number of piperidine rings is 1. The van der Waals surface area contributed by atoms with E-state index in [-0.39, 0.29) is 29.3 Å². The molecule has 1 N–H and O–H groups in total. The summed E-state index contributed by atoms with van der Waals surface area (Å²) in [6, 6.07) is 5.53. The van der Waals surface area contributed by atoms with E-state index in [1.165, 1.54) is 6.26 Å². The molecule has 1 fully saturated rings. The lowest BCUT2D eigenvalue weighted by atomic mass is 9.96. The summed E-state index contributed by atoms with van der Waals surface area (Å²) in [5.41, 5.74) is 0.215. The van der Waals surface area contributed by atoms with Crippen LogP contribution in [0.4, 0.5) is 5.88 Å². The molecule has 2 amide bonds. The zero-order valence-electron chi connectivity index (χ0n) is 18.1. The maximum atomic E-state index is 12.5. The van der Waals surface area contributed by atoms with E-state index < -0.39 is 0 Å². The van der Waals surface area contributed by atoms with Gasteiger partial charge in [0.15, 0.2) is 5.76 Å². The van der Waals surface area contributed by atoms with Crippen LogP contribution in [0.25, 0.3) is 11.7 Å². The Morgan fingerprint density at radius 3 is 2.68 bits per heavy atom. The molecule has 3 heterocycles. The second-order valence-corrected chi connectivity index (χ2v) is 7.48. The lowest BCUT2D eigenvalue weighted by Crippen LogP contribution is -2.41. The minimum Gasteiger partial charge on any atom is -0.459 e. The van der Waals surface area contributed by atoms with Crippen molar-refractivity contribution in [2.45, 2.75) is 39.5 Å². The van der Waals surface area contributed by atoms with Crippen molar-refractivity contribution in [3.05, 3.63) is 24.1 Å². The van der Waals surface area contributed by atoms with Crippen LogP contribution in [0.15, 0.2) is 27.2 Å². The molecule has 0 unspecified atom stereocenters. The molecular formula is C22H29N5O4. The van der Waals surface area contributed by atoms with E-state index in [2.05, 4.69) is 16.4 Å². The van der Waals surface area contributed by atoms with Crippen molar-refractivity contribution in [3.8, 4) is 17.7 Å². The number of anilines is 1. The summed E-state index contributed by atoms with van der Waals surface area (Å²) < 4.78 is 11.1. The first-order chi connectivity index (χ1) is 15.1. The fraction of sp³-hybridized carbons (Fsp3) is 0.545. The zero-order valence-corrected chi connectivity index (χ0v) is 18.1. The third kappa shape index (κ3) is 5.45. The Morgan fingerprint density at radius 2 is 2.06 bits per heavy atom. The first-order valence-electron chi connectivity index (χ1n) is 10.8. The lowest BCUT2D eigenvalue weighted by Gasteiger charge is -2.31. The first kappa shape index (κ1) is 22.4. The molecule has 0 bridgehead atoms. The van der Waals surface area contributed by atoms with Gasteiger partial charge in [-0.1, -0.05) is 0 Å². The minimum absolute atomic E-state index is 0.0179. The highest BCUT2D eigenvalue weighted by molar-refractivity contribution is 5.79. The lowest BCUT2D eigenvalue weighted by molar-refractivity contribution is -0.131. The summed E-state index contributed by atoms with van der Waals surface area (Å²) in [5, 5.41) is 12.4. The summed E-state index contributed by atoms with van der Waals surface area (Å²) in [6.45, 7) is 7.04. The Kier molecular flexibility index (Phi) is 7.70. The number of hydrogen-bond donors (Lipinski definition) is 1. The minimum atomic E-state index is -0.0901. The molecule has 1 aliphatic rings. The van der Waals surface area contributed by atoms with Crippen LogP contribution >= 0.6 is 0 Å². The molecule has 0 saturated carbocycles. The summed E-state index contributed by atoms with van der Waals surface area (Å²) in [7, 11) is 0. The predicted octanol–water partition coefficient (Wildman–Crippen LogP) is 2.79. The van der Waals surface area contributed by atoms with E-state index in [0.717, 1.165) is 0 Å². The smallest absolute Gasteiger partial charge is 0.266 e. The molecule has 31 heavy (non-hydrogen) atoms. The van der Waals surface area contributed by atoms with E-state index in [1.807, 2.05) is 18.7 Å². The number of rotatable bonds is 9. The molecule has 9 heteroatoms. The Morgan fingerprint density at radius 1 is 1.32 bits per heavy atom. The molecule has 9 nitrogen and oxygen atoms in total.